The average Bonchev–Trinajstić information content (AvgIpc) is 0.715. The van der Waals surface area contributed by atoms with Gasteiger partial charge in [0.05, 0.1) is 45.2 Å². The molecule has 0 radical (unpaired) electrons. The summed E-state index contributed by atoms with van der Waals surface area (Å²) in [6, 6.07) is 164. The standard InChI is InChI=1S/C51H33N5.2C39H25N5/c1-3-15-43-36(11-1)13-9-17-45(43)50-54-49(55-51(56-50)46-18-10-14-37-12-2-4-16-44(37)46)42-32-40(34-21-25-38(26-22-34)47-19-5-7-29-52-47)31-41(33-42)35-23-27-39(28-24-35)48-20-6-8-30-53-48;1-3-15-31-26(11-1)13-9-17-33(31)38-42-37(43-39(44-38)34-18-10-14-27-12-2-4-16-32(27)34)30-24-28(35-19-5-7-21-40-35)23-29(25-30)36-20-6-8-22-41-36;1-3-13-28(14-4-1)37-42-38(29-15-5-2-6-16-29)44-39(43-37)32-24-30(35-21-19-26-11-7-9-17-33(26)40-35)23-31(25-32)36-22-20-27-12-8-10-18-34(27)41-36/h1-33H;2*1-25H. The Morgan fingerprint density at radius 3 is 0.660 bits per heavy atom. The van der Waals surface area contributed by atoms with Crippen molar-refractivity contribution in [3.8, 4) is 192 Å². The monoisotopic (exact) mass is 1840 g/mol. The summed E-state index contributed by atoms with van der Waals surface area (Å²) in [5, 5.41) is 11.1. The van der Waals surface area contributed by atoms with E-state index in [0.717, 1.165) is 205 Å². The van der Waals surface area contributed by atoms with Crippen molar-refractivity contribution in [1.82, 2.24) is 74.8 Å². The largest absolute Gasteiger partial charge is 0.256 e. The van der Waals surface area contributed by atoms with Crippen LogP contribution in [0.2, 0.25) is 0 Å². The Balaban J connectivity index is 0.000000117. The third-order valence-electron chi connectivity index (χ3n) is 25.7. The van der Waals surface area contributed by atoms with Crippen molar-refractivity contribution in [3.63, 3.8) is 0 Å². The Bertz CT molecular complexity index is 8720. The Labute approximate surface area is 830 Å². The Hall–Kier alpha value is -19.8. The third-order valence-corrected chi connectivity index (χ3v) is 25.7. The van der Waals surface area contributed by atoms with E-state index in [1.165, 1.54) is 0 Å². The highest BCUT2D eigenvalue weighted by Crippen LogP contribution is 2.42. The smallest absolute Gasteiger partial charge is 0.164 e. The Morgan fingerprint density at radius 2 is 0.340 bits per heavy atom. The quantitative estimate of drug-likeness (QED) is 0.0835. The van der Waals surface area contributed by atoms with Gasteiger partial charge in [-0.25, -0.2) is 54.8 Å². The summed E-state index contributed by atoms with van der Waals surface area (Å²) in [5.74, 6) is 5.51. The molecule has 0 fully saturated rings. The molecule has 0 bridgehead atoms. The van der Waals surface area contributed by atoms with Crippen molar-refractivity contribution < 1.29 is 0 Å². The fourth-order valence-electron chi connectivity index (χ4n) is 18.6. The molecule has 0 unspecified atom stereocenters. The van der Waals surface area contributed by atoms with Crippen molar-refractivity contribution in [3.05, 3.63) is 504 Å². The van der Waals surface area contributed by atoms with Gasteiger partial charge < -0.3 is 0 Å². The van der Waals surface area contributed by atoms with Gasteiger partial charge in [-0.3, -0.25) is 19.9 Å². The van der Waals surface area contributed by atoms with E-state index in [4.69, 9.17) is 54.8 Å². The average molecular weight is 1840 g/mol. The maximum atomic E-state index is 5.27. The second kappa shape index (κ2) is 39.4. The van der Waals surface area contributed by atoms with E-state index in [1.807, 2.05) is 195 Å². The number of aromatic nitrogens is 15. The maximum Gasteiger partial charge on any atom is 0.164 e. The van der Waals surface area contributed by atoms with Crippen LogP contribution < -0.4 is 0 Å². The molecular weight excluding hydrogens is 1760 g/mol. The zero-order valence-electron chi connectivity index (χ0n) is 77.6. The van der Waals surface area contributed by atoms with Crippen LogP contribution in [0.15, 0.2) is 504 Å². The molecule has 0 amide bonds. The number of hydrogen-bond acceptors (Lipinski definition) is 15. The van der Waals surface area contributed by atoms with E-state index in [0.29, 0.717) is 52.4 Å². The van der Waals surface area contributed by atoms with Crippen LogP contribution in [0.4, 0.5) is 0 Å². The van der Waals surface area contributed by atoms with E-state index in [2.05, 4.69) is 329 Å². The second-order valence-electron chi connectivity index (χ2n) is 34.9. The predicted octanol–water partition coefficient (Wildman–Crippen LogP) is 31.2. The van der Waals surface area contributed by atoms with Gasteiger partial charge in [0.2, 0.25) is 0 Å². The van der Waals surface area contributed by atoms with Gasteiger partial charge >= 0.3 is 0 Å². The zero-order valence-corrected chi connectivity index (χ0v) is 77.6. The number of fused-ring (bicyclic) bond motifs is 6. The highest BCUT2D eigenvalue weighted by Gasteiger charge is 2.24. The molecule has 144 heavy (non-hydrogen) atoms. The minimum absolute atomic E-state index is 0.584. The van der Waals surface area contributed by atoms with Gasteiger partial charge in [-0.15, -0.1) is 0 Å². The molecule has 674 valence electrons. The molecule has 0 aliphatic carbocycles. The normalized spacial score (nSPS) is 11.2. The highest BCUT2D eigenvalue weighted by atomic mass is 15.1. The number of para-hydroxylation sites is 2. The molecule has 0 saturated carbocycles. The molecule has 0 spiro atoms. The number of benzene rings is 17. The molecule has 26 aromatic rings. The lowest BCUT2D eigenvalue weighted by Crippen LogP contribution is -2.01. The highest BCUT2D eigenvalue weighted by molar-refractivity contribution is 6.01. The maximum absolute atomic E-state index is 5.27. The number of pyridine rings is 6. The van der Waals surface area contributed by atoms with Gasteiger partial charge in [0.25, 0.3) is 0 Å². The molecule has 0 saturated heterocycles. The van der Waals surface area contributed by atoms with Gasteiger partial charge in [0, 0.05) is 119 Å². The van der Waals surface area contributed by atoms with Crippen LogP contribution in [0, 0.1) is 0 Å². The lowest BCUT2D eigenvalue weighted by atomic mass is 9.94. The molecule has 0 aliphatic heterocycles. The lowest BCUT2D eigenvalue weighted by Gasteiger charge is -2.14. The molecule has 26 rings (SSSR count). The van der Waals surface area contributed by atoms with E-state index in [-0.39, 0.29) is 0 Å². The summed E-state index contributed by atoms with van der Waals surface area (Å²) in [6.45, 7) is 0. The van der Waals surface area contributed by atoms with E-state index in [1.54, 1.807) is 0 Å². The van der Waals surface area contributed by atoms with Gasteiger partial charge in [-0.2, -0.15) is 0 Å². The molecule has 15 nitrogen and oxygen atoms in total. The molecule has 17 aromatic carbocycles. The molecular formula is C129H83N15. The summed E-state index contributed by atoms with van der Waals surface area (Å²) < 4.78 is 0. The first-order valence-corrected chi connectivity index (χ1v) is 47.7. The van der Waals surface area contributed by atoms with Gasteiger partial charge in [-0.05, 0) is 193 Å². The van der Waals surface area contributed by atoms with Gasteiger partial charge in [0.15, 0.2) is 52.4 Å². The first-order valence-electron chi connectivity index (χ1n) is 47.7. The summed E-state index contributed by atoms with van der Waals surface area (Å²) >= 11 is 0. The van der Waals surface area contributed by atoms with Crippen LogP contribution in [-0.4, -0.2) is 74.8 Å². The fourth-order valence-corrected chi connectivity index (χ4v) is 18.6. The molecule has 0 N–H and O–H groups in total. The Kier molecular flexibility index (Phi) is 23.8. The number of hydrogen-bond donors (Lipinski definition) is 0. The van der Waals surface area contributed by atoms with Crippen molar-refractivity contribution in [1.29, 1.82) is 0 Å². The summed E-state index contributed by atoms with van der Waals surface area (Å²) in [4.78, 5) is 74.5. The first-order chi connectivity index (χ1) is 71.3. The zero-order chi connectivity index (χ0) is 95.9. The molecule has 0 atom stereocenters. The minimum atomic E-state index is 0.584. The van der Waals surface area contributed by atoms with Gasteiger partial charge in [0.1, 0.15) is 0 Å². The minimum Gasteiger partial charge on any atom is -0.256 e. The number of nitrogens with zero attached hydrogens (tertiary/aromatic N) is 15. The van der Waals surface area contributed by atoms with Crippen molar-refractivity contribution >= 4 is 64.9 Å². The van der Waals surface area contributed by atoms with Crippen molar-refractivity contribution in [2.75, 3.05) is 0 Å². The van der Waals surface area contributed by atoms with Gasteiger partial charge in [-0.1, -0.05) is 352 Å². The molecule has 9 heterocycles. The predicted molar refractivity (Wildman–Crippen MR) is 584 cm³/mol. The van der Waals surface area contributed by atoms with E-state index in [9.17, 15) is 0 Å². The van der Waals surface area contributed by atoms with Crippen LogP contribution in [0.5, 0.6) is 0 Å². The van der Waals surface area contributed by atoms with Crippen LogP contribution in [0.3, 0.4) is 0 Å². The first kappa shape index (κ1) is 87.0. The van der Waals surface area contributed by atoms with Crippen LogP contribution in [0.1, 0.15) is 0 Å². The Morgan fingerprint density at radius 1 is 0.111 bits per heavy atom. The third kappa shape index (κ3) is 18.4. The molecule has 9 aromatic heterocycles. The van der Waals surface area contributed by atoms with Crippen molar-refractivity contribution in [2.45, 2.75) is 0 Å². The van der Waals surface area contributed by atoms with Crippen LogP contribution >= 0.6 is 0 Å². The lowest BCUT2D eigenvalue weighted by molar-refractivity contribution is 1.07. The van der Waals surface area contributed by atoms with Crippen molar-refractivity contribution in [2.24, 2.45) is 0 Å². The summed E-state index contributed by atoms with van der Waals surface area (Å²) in [5.41, 5.74) is 25.8. The number of rotatable bonds is 17. The van der Waals surface area contributed by atoms with E-state index >= 15 is 0 Å². The fraction of sp³-hybridized carbons (Fsp3) is 0. The molecule has 15 heteroatoms. The summed E-state index contributed by atoms with van der Waals surface area (Å²) in [6.07, 6.45) is 7.27. The topological polar surface area (TPSA) is 193 Å². The SMILES string of the molecule is c1ccc(-c2cc(-c3ccccn3)cc(-c3nc(-c4cccc5ccccc45)nc(-c4cccc5ccccc45)n3)c2)nc1.c1ccc(-c2ccc(-c3cc(-c4ccc(-c5ccccn5)cc4)cc(-c4nc(-c5cccc6ccccc56)nc(-c5cccc6ccccc56)n4)c3)cc2)nc1.c1ccc(-c2nc(-c3ccccc3)nc(-c3cc(-c4ccc5ccccc5n4)cc(-c4ccc5ccccc5n4)c3)n2)cc1. The summed E-state index contributed by atoms with van der Waals surface area (Å²) in [7, 11) is 0. The van der Waals surface area contributed by atoms with Crippen LogP contribution in [-0.2, 0) is 0 Å². The molecule has 0 aliphatic rings. The van der Waals surface area contributed by atoms with Crippen LogP contribution in [0.25, 0.3) is 257 Å². The van der Waals surface area contributed by atoms with E-state index < -0.39 is 0 Å². The second-order valence-corrected chi connectivity index (χ2v) is 34.9.